The first-order chi connectivity index (χ1) is 23.6. The Balaban J connectivity index is 0.000000221. The van der Waals surface area contributed by atoms with Gasteiger partial charge in [-0.3, -0.25) is 19.3 Å². The van der Waals surface area contributed by atoms with E-state index in [0.29, 0.717) is 27.4 Å². The Labute approximate surface area is 302 Å². The van der Waals surface area contributed by atoms with Crippen LogP contribution in [-0.2, 0) is 35.4 Å². The zero-order chi connectivity index (χ0) is 35.0. The normalized spacial score (nSPS) is 17.2. The zero-order valence-electron chi connectivity index (χ0n) is 28.1. The number of halogens is 2. The fourth-order valence-electron chi connectivity index (χ4n) is 5.95. The van der Waals surface area contributed by atoms with Crippen LogP contribution < -0.4 is 10.6 Å². The predicted molar refractivity (Wildman–Crippen MR) is 199 cm³/mol. The number of likely N-dealkylation sites (tertiary alicyclic amines) is 1. The lowest BCUT2D eigenvalue weighted by Crippen LogP contribution is -2.35. The first kappa shape index (κ1) is 40.7. The molecule has 0 bridgehead atoms. The van der Waals surface area contributed by atoms with Crippen molar-refractivity contribution < 1.29 is 23.2 Å². The van der Waals surface area contributed by atoms with Crippen molar-refractivity contribution >= 4 is 45.8 Å². The Kier molecular flexibility index (Phi) is 17.5. The van der Waals surface area contributed by atoms with Gasteiger partial charge in [0.1, 0.15) is 22.4 Å². The van der Waals surface area contributed by atoms with Crippen LogP contribution in [0, 0.1) is 23.5 Å². The maximum atomic E-state index is 13.0. The van der Waals surface area contributed by atoms with Crippen molar-refractivity contribution in [2.24, 2.45) is 11.8 Å². The van der Waals surface area contributed by atoms with E-state index in [0.717, 1.165) is 57.8 Å². The molecular weight excluding hydrogens is 677 g/mol. The number of aromatic nitrogens is 2. The van der Waals surface area contributed by atoms with E-state index in [1.54, 1.807) is 12.1 Å². The van der Waals surface area contributed by atoms with Gasteiger partial charge in [-0.05, 0) is 112 Å². The standard InChI is InChI=1S/C18H22FN3OS.C12H16FN.C7H7NO2S.CH4/c1-13(23)21-18-20-10-17(24-18)12-22-8-2-3-15(11-22)9-14-4-6-16(19)7-5-14;13-12-5-3-10(4-6-12)8-11-2-1-7-14-9-11;1-5(10)2-7-8-3-6(4-9)11-7;/h4-7,10,15H,2-3,8-9,11-12H2,1H3,(H,20,21,23);3-6,11,14H,1-2,7-9H2;3-4H,2H2,1H3;1H4. The summed E-state index contributed by atoms with van der Waals surface area (Å²) in [5.74, 6) is 0.992. The molecule has 1 amide bonds. The number of nitrogens with zero attached hydrogens (tertiary/aromatic N) is 3. The third kappa shape index (κ3) is 15.0. The number of carbonyl (C=O) groups is 3. The van der Waals surface area contributed by atoms with Crippen LogP contribution in [-0.4, -0.2) is 59.0 Å². The van der Waals surface area contributed by atoms with Gasteiger partial charge in [0, 0.05) is 37.3 Å². The van der Waals surface area contributed by atoms with Gasteiger partial charge in [0.15, 0.2) is 11.4 Å². The molecule has 12 heteroatoms. The summed E-state index contributed by atoms with van der Waals surface area (Å²) in [6, 6.07) is 13.7. The minimum absolute atomic E-state index is 0. The number of amides is 1. The van der Waals surface area contributed by atoms with Gasteiger partial charge in [-0.25, -0.2) is 18.7 Å². The molecule has 2 unspecified atom stereocenters. The van der Waals surface area contributed by atoms with E-state index in [2.05, 4.69) is 25.5 Å². The van der Waals surface area contributed by atoms with Gasteiger partial charge in [0.25, 0.3) is 0 Å². The minimum Gasteiger partial charge on any atom is -0.316 e. The second-order valence-electron chi connectivity index (χ2n) is 12.6. The largest absolute Gasteiger partial charge is 0.316 e. The number of ketones is 1. The topological polar surface area (TPSA) is 104 Å². The molecule has 50 heavy (non-hydrogen) atoms. The average molecular weight is 726 g/mol. The number of piperidine rings is 2. The van der Waals surface area contributed by atoms with Crippen molar-refractivity contribution in [2.45, 2.75) is 72.8 Å². The van der Waals surface area contributed by atoms with Crippen molar-refractivity contribution in [2.75, 3.05) is 31.5 Å². The summed E-state index contributed by atoms with van der Waals surface area (Å²) in [6.45, 7) is 8.26. The van der Waals surface area contributed by atoms with Crippen LogP contribution in [0.3, 0.4) is 0 Å². The molecule has 2 fully saturated rings. The van der Waals surface area contributed by atoms with E-state index < -0.39 is 0 Å². The summed E-state index contributed by atoms with van der Waals surface area (Å²) >= 11 is 2.80. The Hall–Kier alpha value is -3.71. The molecule has 270 valence electrons. The fourth-order valence-corrected chi connectivity index (χ4v) is 7.66. The van der Waals surface area contributed by atoms with Crippen LogP contribution in [0.15, 0.2) is 60.9 Å². The summed E-state index contributed by atoms with van der Waals surface area (Å²) in [5.41, 5.74) is 2.45. The van der Waals surface area contributed by atoms with Crippen molar-refractivity contribution in [3.63, 3.8) is 0 Å². The molecule has 0 radical (unpaired) electrons. The number of benzene rings is 2. The monoisotopic (exact) mass is 725 g/mol. The van der Waals surface area contributed by atoms with Gasteiger partial charge in [-0.15, -0.1) is 22.7 Å². The highest BCUT2D eigenvalue weighted by Gasteiger charge is 2.21. The van der Waals surface area contributed by atoms with Crippen molar-refractivity contribution in [3.05, 3.63) is 98.4 Å². The quantitative estimate of drug-likeness (QED) is 0.161. The van der Waals surface area contributed by atoms with Crippen LogP contribution in [0.4, 0.5) is 13.9 Å². The van der Waals surface area contributed by atoms with E-state index in [1.807, 2.05) is 30.5 Å². The molecule has 6 rings (SSSR count). The molecule has 2 aliphatic heterocycles. The zero-order valence-corrected chi connectivity index (χ0v) is 29.8. The molecule has 2 N–H and O–H groups in total. The summed E-state index contributed by atoms with van der Waals surface area (Å²) in [6.07, 6.45) is 11.4. The number of Topliss-reactive ketones (excluding diaryl/α,β-unsaturated/α-hetero) is 1. The number of nitrogens with one attached hydrogen (secondary N) is 2. The molecule has 2 aromatic carbocycles. The van der Waals surface area contributed by atoms with E-state index in [1.165, 1.54) is 96.5 Å². The van der Waals surface area contributed by atoms with Gasteiger partial charge in [-0.2, -0.15) is 0 Å². The van der Waals surface area contributed by atoms with Crippen LogP contribution in [0.5, 0.6) is 0 Å². The Morgan fingerprint density at radius 2 is 1.56 bits per heavy atom. The van der Waals surface area contributed by atoms with Crippen LogP contribution >= 0.6 is 22.7 Å². The molecular formula is C38H49F2N5O3S2. The highest BCUT2D eigenvalue weighted by molar-refractivity contribution is 7.15. The second kappa shape index (κ2) is 21.5. The molecule has 2 aliphatic rings. The molecule has 0 saturated carbocycles. The number of hydrogen-bond acceptors (Lipinski definition) is 9. The van der Waals surface area contributed by atoms with Crippen LogP contribution in [0.1, 0.15) is 77.6 Å². The lowest BCUT2D eigenvalue weighted by molar-refractivity contribution is -0.116. The SMILES string of the molecule is C.CC(=O)Cc1ncc(C=O)s1.CC(=O)Nc1ncc(CN2CCCC(Cc3ccc(F)cc3)C2)s1.Fc1ccc(CC2CCCNC2)cc1. The summed E-state index contributed by atoms with van der Waals surface area (Å²) in [5, 5.41) is 7.49. The lowest BCUT2D eigenvalue weighted by Gasteiger charge is -2.32. The third-order valence-corrected chi connectivity index (χ3v) is 10.0. The minimum atomic E-state index is -0.177. The molecule has 0 spiro atoms. The van der Waals surface area contributed by atoms with E-state index in [-0.39, 0.29) is 30.8 Å². The number of carbonyl (C=O) groups excluding carboxylic acids is 3. The van der Waals surface area contributed by atoms with E-state index >= 15 is 0 Å². The number of aldehydes is 1. The third-order valence-electron chi connectivity index (χ3n) is 8.18. The summed E-state index contributed by atoms with van der Waals surface area (Å²) in [4.78, 5) is 44.2. The average Bonchev–Trinajstić information content (AvgIpc) is 3.73. The maximum Gasteiger partial charge on any atom is 0.223 e. The fraction of sp³-hybridized carbons (Fsp3) is 0.447. The molecule has 8 nitrogen and oxygen atoms in total. The van der Waals surface area contributed by atoms with Gasteiger partial charge in [0.05, 0.1) is 11.3 Å². The van der Waals surface area contributed by atoms with Crippen LogP contribution in [0.2, 0.25) is 0 Å². The number of thiazole rings is 2. The maximum absolute atomic E-state index is 13.0. The van der Waals surface area contributed by atoms with Crippen molar-refractivity contribution in [1.29, 1.82) is 0 Å². The molecule has 2 aromatic heterocycles. The molecule has 4 heterocycles. The summed E-state index contributed by atoms with van der Waals surface area (Å²) in [7, 11) is 0. The van der Waals surface area contributed by atoms with Gasteiger partial charge >= 0.3 is 0 Å². The predicted octanol–water partition coefficient (Wildman–Crippen LogP) is 7.79. The molecule has 2 atom stereocenters. The van der Waals surface area contributed by atoms with Crippen molar-refractivity contribution in [1.82, 2.24) is 20.2 Å². The lowest BCUT2D eigenvalue weighted by atomic mass is 9.91. The number of hydrogen-bond donors (Lipinski definition) is 2. The van der Waals surface area contributed by atoms with Crippen LogP contribution in [0.25, 0.3) is 0 Å². The van der Waals surface area contributed by atoms with Gasteiger partial charge < -0.3 is 10.6 Å². The first-order valence-corrected chi connectivity index (χ1v) is 18.3. The smallest absolute Gasteiger partial charge is 0.223 e. The number of rotatable bonds is 10. The molecule has 2 saturated heterocycles. The Bertz CT molecular complexity index is 1610. The van der Waals surface area contributed by atoms with Gasteiger partial charge in [-0.1, -0.05) is 31.7 Å². The van der Waals surface area contributed by atoms with E-state index in [4.69, 9.17) is 0 Å². The second-order valence-corrected chi connectivity index (χ2v) is 14.8. The van der Waals surface area contributed by atoms with Crippen molar-refractivity contribution in [3.8, 4) is 0 Å². The summed E-state index contributed by atoms with van der Waals surface area (Å²) < 4.78 is 25.7. The first-order valence-electron chi connectivity index (χ1n) is 16.7. The Morgan fingerprint density at radius 3 is 2.12 bits per heavy atom. The molecule has 4 aromatic rings. The molecule has 0 aliphatic carbocycles. The van der Waals surface area contributed by atoms with E-state index in [9.17, 15) is 23.2 Å². The van der Waals surface area contributed by atoms with Gasteiger partial charge in [0.2, 0.25) is 5.91 Å². The number of anilines is 1. The highest BCUT2D eigenvalue weighted by atomic mass is 32.1. The highest BCUT2D eigenvalue weighted by Crippen LogP contribution is 2.25. The Morgan fingerprint density at radius 1 is 0.920 bits per heavy atom.